The van der Waals surface area contributed by atoms with E-state index in [0.717, 1.165) is 5.69 Å². The van der Waals surface area contributed by atoms with Gasteiger partial charge in [-0.05, 0) is 50.2 Å². The number of carbonyl (C=O) groups is 2. The fraction of sp³-hybridized carbons (Fsp3) is 0.280. The van der Waals surface area contributed by atoms with Crippen LogP contribution in [-0.4, -0.2) is 49.5 Å². The second-order valence-corrected chi connectivity index (χ2v) is 9.27. The molecule has 35 heavy (non-hydrogen) atoms. The van der Waals surface area contributed by atoms with Gasteiger partial charge in [-0.25, -0.2) is 4.98 Å². The van der Waals surface area contributed by atoms with Gasteiger partial charge in [-0.2, -0.15) is 4.98 Å². The van der Waals surface area contributed by atoms with Gasteiger partial charge in [-0.3, -0.25) is 9.59 Å². The van der Waals surface area contributed by atoms with Gasteiger partial charge in [0.25, 0.3) is 5.91 Å². The summed E-state index contributed by atoms with van der Waals surface area (Å²) >= 11 is 6.29. The Morgan fingerprint density at radius 3 is 2.66 bits per heavy atom. The number of ether oxygens (including phenoxy) is 1. The lowest BCUT2D eigenvalue weighted by molar-refractivity contribution is -0.125. The minimum atomic E-state index is -0.690. The predicted molar refractivity (Wildman–Crippen MR) is 137 cm³/mol. The maximum Gasteiger partial charge on any atom is 0.251 e. The number of aromatic nitrogens is 2. The lowest BCUT2D eigenvalue weighted by atomic mass is 9.91. The van der Waals surface area contributed by atoms with Crippen LogP contribution in [0.1, 0.15) is 24.2 Å². The van der Waals surface area contributed by atoms with E-state index in [1.165, 1.54) is 7.11 Å². The number of rotatable bonds is 5. The van der Waals surface area contributed by atoms with Crippen molar-refractivity contribution in [3.05, 3.63) is 59.2 Å². The monoisotopic (exact) mass is 494 g/mol. The molecule has 1 aromatic heterocycles. The summed E-state index contributed by atoms with van der Waals surface area (Å²) in [5.41, 5.74) is 1.75. The normalized spacial score (nSPS) is 14.7. The Bertz CT molecular complexity index is 1300. The summed E-state index contributed by atoms with van der Waals surface area (Å²) in [6.07, 6.45) is 1.62. The lowest BCUT2D eigenvalue weighted by Crippen LogP contribution is -2.41. The van der Waals surface area contributed by atoms with Gasteiger partial charge in [0, 0.05) is 36.9 Å². The van der Waals surface area contributed by atoms with Crippen LogP contribution < -0.4 is 25.2 Å². The minimum absolute atomic E-state index is 0.0425. The van der Waals surface area contributed by atoms with Gasteiger partial charge in [-0.15, -0.1) is 0 Å². The Kier molecular flexibility index (Phi) is 6.53. The number of anilines is 5. The van der Waals surface area contributed by atoms with Crippen LogP contribution in [0.2, 0.25) is 5.02 Å². The van der Waals surface area contributed by atoms with Crippen LogP contribution in [0, 0.1) is 5.41 Å². The van der Waals surface area contributed by atoms with E-state index in [4.69, 9.17) is 21.3 Å². The standard InChI is InChI=1S/C25H27ClN6O3/c1-25(2)14-32(17-8-6-7-16(26)12-17)21-19(31(4)23(25)34)13-28-24(30-21)29-18-10-9-15(22(33)27-3)11-20(18)35-5/h6-13H,14H2,1-5H3,(H,27,33)(H,28,29,30). The van der Waals surface area contributed by atoms with E-state index in [1.807, 2.05) is 36.9 Å². The molecule has 182 valence electrons. The number of nitrogens with one attached hydrogen (secondary N) is 2. The van der Waals surface area contributed by atoms with Crippen LogP contribution in [0.3, 0.4) is 0 Å². The fourth-order valence-electron chi connectivity index (χ4n) is 4.02. The summed E-state index contributed by atoms with van der Waals surface area (Å²) in [7, 11) is 4.82. The molecule has 2 heterocycles. The number of nitrogens with zero attached hydrogens (tertiary/aromatic N) is 4. The first-order valence-corrected chi connectivity index (χ1v) is 11.4. The molecule has 4 rings (SSSR count). The number of carbonyl (C=O) groups excluding carboxylic acids is 2. The molecule has 10 heteroatoms. The maximum atomic E-state index is 13.2. The molecule has 0 spiro atoms. The van der Waals surface area contributed by atoms with E-state index >= 15 is 0 Å². The zero-order valence-electron chi connectivity index (χ0n) is 20.2. The van der Waals surface area contributed by atoms with E-state index in [0.29, 0.717) is 46.0 Å². The summed E-state index contributed by atoms with van der Waals surface area (Å²) in [4.78, 5) is 38.0. The molecule has 2 amide bonds. The van der Waals surface area contributed by atoms with Gasteiger partial charge in [0.2, 0.25) is 11.9 Å². The largest absolute Gasteiger partial charge is 0.495 e. The van der Waals surface area contributed by atoms with Crippen molar-refractivity contribution in [1.29, 1.82) is 0 Å². The average molecular weight is 495 g/mol. The van der Waals surface area contributed by atoms with E-state index in [9.17, 15) is 9.59 Å². The van der Waals surface area contributed by atoms with Crippen molar-refractivity contribution in [3.63, 3.8) is 0 Å². The Morgan fingerprint density at radius 1 is 1.20 bits per heavy atom. The number of fused-ring (bicyclic) bond motifs is 1. The predicted octanol–water partition coefficient (Wildman–Crippen LogP) is 4.38. The molecule has 0 saturated heterocycles. The molecule has 3 aromatic rings. The first kappa shape index (κ1) is 24.3. The Balaban J connectivity index is 1.79. The molecule has 0 saturated carbocycles. The number of hydrogen-bond donors (Lipinski definition) is 2. The van der Waals surface area contributed by atoms with Gasteiger partial charge in [0.05, 0.1) is 24.4 Å². The number of benzene rings is 2. The molecule has 2 aromatic carbocycles. The number of methoxy groups -OCH3 is 1. The van der Waals surface area contributed by atoms with Crippen molar-refractivity contribution in [2.45, 2.75) is 13.8 Å². The van der Waals surface area contributed by atoms with Crippen LogP contribution in [0.15, 0.2) is 48.7 Å². The average Bonchev–Trinajstić information content (AvgIpc) is 2.92. The quantitative estimate of drug-likeness (QED) is 0.542. The van der Waals surface area contributed by atoms with Crippen molar-refractivity contribution >= 4 is 52.2 Å². The Labute approximate surface area is 209 Å². The van der Waals surface area contributed by atoms with Crippen LogP contribution in [0.25, 0.3) is 0 Å². The Morgan fingerprint density at radius 2 is 1.97 bits per heavy atom. The van der Waals surface area contributed by atoms with E-state index in [2.05, 4.69) is 15.6 Å². The second-order valence-electron chi connectivity index (χ2n) is 8.84. The molecule has 0 aliphatic carbocycles. The van der Waals surface area contributed by atoms with Crippen LogP contribution in [-0.2, 0) is 4.79 Å². The van der Waals surface area contributed by atoms with Crippen LogP contribution >= 0.6 is 11.6 Å². The molecule has 1 aliphatic heterocycles. The van der Waals surface area contributed by atoms with Gasteiger partial charge in [0.1, 0.15) is 11.4 Å². The highest BCUT2D eigenvalue weighted by Gasteiger charge is 2.39. The van der Waals surface area contributed by atoms with Crippen molar-refractivity contribution in [2.24, 2.45) is 5.41 Å². The Hall–Kier alpha value is -3.85. The molecule has 2 N–H and O–H groups in total. The van der Waals surface area contributed by atoms with Gasteiger partial charge >= 0.3 is 0 Å². The summed E-state index contributed by atoms with van der Waals surface area (Å²) < 4.78 is 5.47. The van der Waals surface area contributed by atoms with E-state index < -0.39 is 5.41 Å². The topological polar surface area (TPSA) is 99.7 Å². The number of halogens is 1. The molecule has 9 nitrogen and oxygen atoms in total. The highest BCUT2D eigenvalue weighted by molar-refractivity contribution is 6.30. The van der Waals surface area contributed by atoms with Gasteiger partial charge in [-0.1, -0.05) is 17.7 Å². The van der Waals surface area contributed by atoms with Crippen LogP contribution in [0.5, 0.6) is 5.75 Å². The van der Waals surface area contributed by atoms with Crippen molar-refractivity contribution in [2.75, 3.05) is 42.9 Å². The van der Waals surface area contributed by atoms with E-state index in [1.54, 1.807) is 49.5 Å². The highest BCUT2D eigenvalue weighted by Crippen LogP contribution is 2.41. The molecular formula is C25H27ClN6O3. The molecule has 0 fully saturated rings. The summed E-state index contributed by atoms with van der Waals surface area (Å²) in [6.45, 7) is 4.20. The fourth-order valence-corrected chi connectivity index (χ4v) is 4.21. The maximum absolute atomic E-state index is 13.2. The zero-order chi connectivity index (χ0) is 25.3. The molecule has 0 bridgehead atoms. The van der Waals surface area contributed by atoms with Crippen LogP contribution in [0.4, 0.5) is 28.8 Å². The number of hydrogen-bond acceptors (Lipinski definition) is 7. The third-order valence-electron chi connectivity index (χ3n) is 5.86. The molecule has 0 atom stereocenters. The molecule has 0 radical (unpaired) electrons. The van der Waals surface area contributed by atoms with Gasteiger partial charge in [0.15, 0.2) is 5.82 Å². The molecule has 1 aliphatic rings. The SMILES string of the molecule is CNC(=O)c1ccc(Nc2ncc3c(n2)N(c2cccc(Cl)c2)CC(C)(C)C(=O)N3C)c(OC)c1. The van der Waals surface area contributed by atoms with E-state index in [-0.39, 0.29) is 11.8 Å². The third-order valence-corrected chi connectivity index (χ3v) is 6.10. The van der Waals surface area contributed by atoms with Crippen molar-refractivity contribution in [1.82, 2.24) is 15.3 Å². The van der Waals surface area contributed by atoms with Crippen molar-refractivity contribution in [3.8, 4) is 5.75 Å². The first-order valence-electron chi connectivity index (χ1n) is 11.0. The molecular weight excluding hydrogens is 468 g/mol. The van der Waals surface area contributed by atoms with Crippen molar-refractivity contribution < 1.29 is 14.3 Å². The summed E-state index contributed by atoms with van der Waals surface area (Å²) in [6, 6.07) is 12.5. The third kappa shape index (κ3) is 4.72. The smallest absolute Gasteiger partial charge is 0.251 e. The summed E-state index contributed by atoms with van der Waals surface area (Å²) in [5, 5.41) is 6.35. The minimum Gasteiger partial charge on any atom is -0.495 e. The summed E-state index contributed by atoms with van der Waals surface area (Å²) in [5.74, 6) is 1.07. The molecule has 0 unspecified atom stereocenters. The number of amides is 2. The zero-order valence-corrected chi connectivity index (χ0v) is 21.0. The highest BCUT2D eigenvalue weighted by atomic mass is 35.5. The first-order chi connectivity index (χ1) is 16.6. The second kappa shape index (κ2) is 9.42. The van der Waals surface area contributed by atoms with Gasteiger partial charge < -0.3 is 25.2 Å². The lowest BCUT2D eigenvalue weighted by Gasteiger charge is -2.29.